The molecule has 0 aromatic carbocycles. The number of aliphatic hydroxyl groups excluding tert-OH is 1. The first kappa shape index (κ1) is 16.9. The average Bonchev–Trinajstić information content (AvgIpc) is 2.33. The predicted octanol–water partition coefficient (Wildman–Crippen LogP) is 3.25. The average molecular weight is 279 g/mol. The molecule has 1 aromatic heterocycles. The monoisotopic (exact) mass is 279 g/mol. The van der Waals surface area contributed by atoms with Gasteiger partial charge >= 0.3 is 0 Å². The van der Waals surface area contributed by atoms with Crippen LogP contribution < -0.4 is 5.32 Å². The van der Waals surface area contributed by atoms with Gasteiger partial charge in [0.25, 0.3) is 0 Å². The van der Waals surface area contributed by atoms with Crippen LogP contribution in [0.25, 0.3) is 0 Å². The molecule has 2 N–H and O–H groups in total. The third kappa shape index (κ3) is 4.44. The first-order valence-electron chi connectivity index (χ1n) is 7.35. The Morgan fingerprint density at radius 2 is 1.70 bits per heavy atom. The first-order chi connectivity index (χ1) is 9.07. The van der Waals surface area contributed by atoms with Crippen molar-refractivity contribution >= 4 is 5.82 Å². The van der Waals surface area contributed by atoms with Crippen LogP contribution in [-0.4, -0.2) is 27.7 Å². The van der Waals surface area contributed by atoms with Gasteiger partial charge in [-0.2, -0.15) is 0 Å². The van der Waals surface area contributed by atoms with E-state index in [4.69, 9.17) is 4.98 Å². The Morgan fingerprint density at radius 3 is 2.10 bits per heavy atom. The van der Waals surface area contributed by atoms with Crippen molar-refractivity contribution in [1.29, 1.82) is 0 Å². The van der Waals surface area contributed by atoms with Crippen LogP contribution in [0.2, 0.25) is 0 Å². The number of hydrogen-bond acceptors (Lipinski definition) is 4. The molecular formula is C16H29N3O. The lowest BCUT2D eigenvalue weighted by Crippen LogP contribution is -2.27. The van der Waals surface area contributed by atoms with E-state index in [-0.39, 0.29) is 23.5 Å². The molecule has 0 amide bonds. The number of rotatable bonds is 4. The van der Waals surface area contributed by atoms with E-state index in [0.717, 1.165) is 23.8 Å². The summed E-state index contributed by atoms with van der Waals surface area (Å²) >= 11 is 0. The minimum atomic E-state index is -0.0986. The highest BCUT2D eigenvalue weighted by atomic mass is 16.3. The lowest BCUT2D eigenvalue weighted by Gasteiger charge is -2.25. The Morgan fingerprint density at radius 1 is 1.10 bits per heavy atom. The van der Waals surface area contributed by atoms with Gasteiger partial charge in [-0.1, -0.05) is 48.5 Å². The SMILES string of the molecule is CCC(CO)Nc1cc(C(C)(C)C)nc(C(C)(C)C)n1. The maximum absolute atomic E-state index is 9.34. The van der Waals surface area contributed by atoms with E-state index in [1.54, 1.807) is 0 Å². The molecule has 4 nitrogen and oxygen atoms in total. The van der Waals surface area contributed by atoms with Crippen LogP contribution in [-0.2, 0) is 10.8 Å². The topological polar surface area (TPSA) is 58.0 Å². The molecule has 0 aliphatic rings. The largest absolute Gasteiger partial charge is 0.394 e. The highest BCUT2D eigenvalue weighted by Crippen LogP contribution is 2.27. The molecule has 1 unspecified atom stereocenters. The molecule has 20 heavy (non-hydrogen) atoms. The zero-order valence-electron chi connectivity index (χ0n) is 13.9. The molecule has 0 saturated heterocycles. The second-order valence-electron chi connectivity index (χ2n) is 7.39. The van der Waals surface area contributed by atoms with Crippen LogP contribution in [0.1, 0.15) is 66.4 Å². The summed E-state index contributed by atoms with van der Waals surface area (Å²) in [4.78, 5) is 9.34. The Kier molecular flexibility index (Phi) is 5.14. The van der Waals surface area contributed by atoms with E-state index < -0.39 is 0 Å². The summed E-state index contributed by atoms with van der Waals surface area (Å²) in [5.41, 5.74) is 0.895. The van der Waals surface area contributed by atoms with E-state index in [2.05, 4.69) is 51.8 Å². The summed E-state index contributed by atoms with van der Waals surface area (Å²) in [6, 6.07) is 2.03. The van der Waals surface area contributed by atoms with Crippen molar-refractivity contribution in [2.75, 3.05) is 11.9 Å². The maximum Gasteiger partial charge on any atom is 0.136 e. The Hall–Kier alpha value is -1.16. The van der Waals surface area contributed by atoms with Gasteiger partial charge in [0.05, 0.1) is 18.3 Å². The Labute approximate surface area is 123 Å². The van der Waals surface area contributed by atoms with Gasteiger partial charge in [-0.15, -0.1) is 0 Å². The Balaban J connectivity index is 3.24. The van der Waals surface area contributed by atoms with E-state index in [1.807, 2.05) is 13.0 Å². The van der Waals surface area contributed by atoms with Gasteiger partial charge < -0.3 is 10.4 Å². The molecule has 1 rings (SSSR count). The van der Waals surface area contributed by atoms with Gasteiger partial charge in [-0.3, -0.25) is 0 Å². The van der Waals surface area contributed by atoms with Crippen molar-refractivity contribution < 1.29 is 5.11 Å². The number of nitrogens with zero attached hydrogens (tertiary/aromatic N) is 2. The van der Waals surface area contributed by atoms with Gasteiger partial charge in [0.2, 0.25) is 0 Å². The number of anilines is 1. The third-order valence-electron chi connectivity index (χ3n) is 3.23. The summed E-state index contributed by atoms with van der Waals surface area (Å²) in [5, 5.41) is 12.6. The second-order valence-corrected chi connectivity index (χ2v) is 7.39. The van der Waals surface area contributed by atoms with Crippen molar-refractivity contribution in [2.24, 2.45) is 0 Å². The number of aliphatic hydroxyl groups is 1. The van der Waals surface area contributed by atoms with E-state index in [1.165, 1.54) is 0 Å². The zero-order valence-corrected chi connectivity index (χ0v) is 13.9. The van der Waals surface area contributed by atoms with Gasteiger partial charge in [0.15, 0.2) is 0 Å². The van der Waals surface area contributed by atoms with E-state index in [9.17, 15) is 5.11 Å². The molecule has 0 aliphatic heterocycles. The van der Waals surface area contributed by atoms with Gasteiger partial charge in [-0.05, 0) is 6.42 Å². The molecule has 1 aromatic rings. The van der Waals surface area contributed by atoms with Gasteiger partial charge in [-0.25, -0.2) is 9.97 Å². The van der Waals surface area contributed by atoms with Crippen LogP contribution in [0.5, 0.6) is 0 Å². The summed E-state index contributed by atoms with van der Waals surface area (Å²) in [7, 11) is 0. The molecule has 0 fully saturated rings. The summed E-state index contributed by atoms with van der Waals surface area (Å²) in [5.74, 6) is 1.64. The minimum Gasteiger partial charge on any atom is -0.394 e. The predicted molar refractivity (Wildman–Crippen MR) is 84.2 cm³/mol. The molecule has 0 radical (unpaired) electrons. The molecular weight excluding hydrogens is 250 g/mol. The van der Waals surface area contributed by atoms with Crippen LogP contribution in [0, 0.1) is 0 Å². The van der Waals surface area contributed by atoms with Crippen LogP contribution >= 0.6 is 0 Å². The zero-order chi connectivity index (χ0) is 15.6. The molecule has 114 valence electrons. The highest BCUT2D eigenvalue weighted by molar-refractivity contribution is 5.40. The summed E-state index contributed by atoms with van der Waals surface area (Å²) in [6.07, 6.45) is 0.857. The van der Waals surface area contributed by atoms with Crippen molar-refractivity contribution in [3.05, 3.63) is 17.6 Å². The Bertz CT molecular complexity index is 408. The fraction of sp³-hybridized carbons (Fsp3) is 0.750. The smallest absolute Gasteiger partial charge is 0.136 e. The molecule has 0 aliphatic carbocycles. The van der Waals surface area contributed by atoms with Crippen LogP contribution in [0.15, 0.2) is 6.07 Å². The van der Waals surface area contributed by atoms with E-state index >= 15 is 0 Å². The number of hydrogen-bond donors (Lipinski definition) is 2. The number of aromatic nitrogens is 2. The lowest BCUT2D eigenvalue weighted by molar-refractivity contribution is 0.271. The van der Waals surface area contributed by atoms with Crippen molar-refractivity contribution in [3.8, 4) is 0 Å². The normalized spacial score (nSPS) is 14.2. The fourth-order valence-electron chi connectivity index (χ4n) is 1.73. The van der Waals surface area contributed by atoms with Crippen LogP contribution in [0.4, 0.5) is 5.82 Å². The molecule has 0 spiro atoms. The summed E-state index contributed by atoms with van der Waals surface area (Å²) < 4.78 is 0. The molecule has 4 heteroatoms. The minimum absolute atomic E-state index is 0.0275. The quantitative estimate of drug-likeness (QED) is 0.888. The van der Waals surface area contributed by atoms with Crippen molar-refractivity contribution in [2.45, 2.75) is 71.8 Å². The van der Waals surface area contributed by atoms with E-state index in [0.29, 0.717) is 0 Å². The standard InChI is InChI=1S/C16H29N3O/c1-8-11(10-20)17-13-9-12(15(2,3)4)18-14(19-13)16(5,6)7/h9,11,20H,8,10H2,1-7H3,(H,17,18,19). The van der Waals surface area contributed by atoms with Crippen molar-refractivity contribution in [3.63, 3.8) is 0 Å². The lowest BCUT2D eigenvalue weighted by atomic mass is 9.90. The van der Waals surface area contributed by atoms with Crippen LogP contribution in [0.3, 0.4) is 0 Å². The number of nitrogens with one attached hydrogen (secondary N) is 1. The molecule has 1 heterocycles. The molecule has 1 atom stereocenters. The molecule has 0 bridgehead atoms. The highest BCUT2D eigenvalue weighted by Gasteiger charge is 2.24. The second kappa shape index (κ2) is 6.08. The molecule has 0 saturated carbocycles. The van der Waals surface area contributed by atoms with Gasteiger partial charge in [0, 0.05) is 16.9 Å². The maximum atomic E-state index is 9.34. The fourth-order valence-corrected chi connectivity index (χ4v) is 1.73. The first-order valence-corrected chi connectivity index (χ1v) is 7.35. The van der Waals surface area contributed by atoms with Crippen molar-refractivity contribution in [1.82, 2.24) is 9.97 Å². The third-order valence-corrected chi connectivity index (χ3v) is 3.23. The summed E-state index contributed by atoms with van der Waals surface area (Å²) in [6.45, 7) is 14.9. The van der Waals surface area contributed by atoms with Gasteiger partial charge in [0.1, 0.15) is 11.6 Å².